The minimum Gasteiger partial charge on any atom is -0.481 e. The van der Waals surface area contributed by atoms with Crippen LogP contribution < -0.4 is 0 Å². The molecule has 0 aliphatic rings. The van der Waals surface area contributed by atoms with Crippen molar-refractivity contribution in [2.24, 2.45) is 0 Å². The van der Waals surface area contributed by atoms with Crippen molar-refractivity contribution in [3.05, 3.63) is 40.6 Å². The number of nitro groups is 1. The lowest BCUT2D eigenvalue weighted by molar-refractivity contribution is -0.387. The quantitative estimate of drug-likeness (QED) is 0.513. The summed E-state index contributed by atoms with van der Waals surface area (Å²) in [6.45, 7) is 0. The number of carbonyl (C=O) groups is 1. The van der Waals surface area contributed by atoms with Crippen LogP contribution in [0.15, 0.2) is 35.4 Å². The molecule has 0 spiro atoms. The van der Waals surface area contributed by atoms with Gasteiger partial charge in [0, 0.05) is 11.1 Å². The standard InChI is InChI=1S/C12H10N2O4S/c15-11(16)5-6-19-12-8-3-1-2-4-9(8)13-7-10(12)14(17)18/h1-4,7H,5-6H2,(H,15,16). The van der Waals surface area contributed by atoms with Crippen molar-refractivity contribution >= 4 is 34.3 Å². The molecule has 0 amide bonds. The van der Waals surface area contributed by atoms with Crippen LogP contribution in [0.1, 0.15) is 6.42 Å². The van der Waals surface area contributed by atoms with Gasteiger partial charge in [-0.2, -0.15) is 0 Å². The van der Waals surface area contributed by atoms with Crippen molar-refractivity contribution in [3.63, 3.8) is 0 Å². The Morgan fingerprint density at radius 1 is 1.42 bits per heavy atom. The fourth-order valence-corrected chi connectivity index (χ4v) is 2.71. The van der Waals surface area contributed by atoms with Crippen LogP contribution in [-0.4, -0.2) is 26.7 Å². The molecule has 2 rings (SSSR count). The highest BCUT2D eigenvalue weighted by molar-refractivity contribution is 7.99. The van der Waals surface area contributed by atoms with Crippen LogP contribution in [0.5, 0.6) is 0 Å². The van der Waals surface area contributed by atoms with Gasteiger partial charge < -0.3 is 5.11 Å². The van der Waals surface area contributed by atoms with Crippen LogP contribution in [-0.2, 0) is 4.79 Å². The molecule has 1 N–H and O–H groups in total. The first-order chi connectivity index (χ1) is 9.09. The van der Waals surface area contributed by atoms with Gasteiger partial charge in [-0.1, -0.05) is 18.2 Å². The smallest absolute Gasteiger partial charge is 0.304 e. The van der Waals surface area contributed by atoms with E-state index in [1.165, 1.54) is 18.0 Å². The van der Waals surface area contributed by atoms with Gasteiger partial charge in [0.25, 0.3) is 0 Å². The zero-order valence-electron chi connectivity index (χ0n) is 9.78. The van der Waals surface area contributed by atoms with E-state index in [1.54, 1.807) is 24.3 Å². The zero-order valence-corrected chi connectivity index (χ0v) is 10.6. The normalized spacial score (nSPS) is 10.5. The van der Waals surface area contributed by atoms with Gasteiger partial charge in [0.05, 0.1) is 21.8 Å². The number of fused-ring (bicyclic) bond motifs is 1. The summed E-state index contributed by atoms with van der Waals surface area (Å²) in [6.07, 6.45) is 1.17. The average molecular weight is 278 g/mol. The zero-order chi connectivity index (χ0) is 13.8. The number of aromatic nitrogens is 1. The van der Waals surface area contributed by atoms with E-state index in [4.69, 9.17) is 5.11 Å². The molecule has 1 aromatic heterocycles. The van der Waals surface area contributed by atoms with Gasteiger partial charge in [-0.15, -0.1) is 11.8 Å². The first-order valence-electron chi connectivity index (χ1n) is 5.46. The average Bonchev–Trinajstić information content (AvgIpc) is 2.38. The molecule has 7 heteroatoms. The Balaban J connectivity index is 2.43. The molecule has 1 aromatic carbocycles. The van der Waals surface area contributed by atoms with Gasteiger partial charge >= 0.3 is 11.7 Å². The first kappa shape index (κ1) is 13.3. The molecule has 0 saturated carbocycles. The molecule has 0 saturated heterocycles. The van der Waals surface area contributed by atoms with Crippen molar-refractivity contribution in [1.82, 2.24) is 4.98 Å². The van der Waals surface area contributed by atoms with Crippen LogP contribution in [0.2, 0.25) is 0 Å². The van der Waals surface area contributed by atoms with E-state index in [1.807, 2.05) is 0 Å². The molecule has 0 bridgehead atoms. The number of aliphatic carboxylic acids is 1. The Labute approximate surface area is 112 Å². The van der Waals surface area contributed by atoms with Crippen LogP contribution in [0.25, 0.3) is 10.9 Å². The summed E-state index contributed by atoms with van der Waals surface area (Å²) in [5, 5.41) is 20.3. The molecule has 0 atom stereocenters. The minimum atomic E-state index is -0.923. The molecule has 6 nitrogen and oxygen atoms in total. The number of benzene rings is 1. The SMILES string of the molecule is O=C(O)CCSc1c([N+](=O)[O-])cnc2ccccc12. The third-order valence-electron chi connectivity index (χ3n) is 2.47. The van der Waals surface area contributed by atoms with Crippen LogP contribution >= 0.6 is 11.8 Å². The first-order valence-corrected chi connectivity index (χ1v) is 6.45. The number of pyridine rings is 1. The molecular weight excluding hydrogens is 268 g/mol. The van der Waals surface area contributed by atoms with E-state index < -0.39 is 10.9 Å². The van der Waals surface area contributed by atoms with Crippen molar-refractivity contribution in [3.8, 4) is 0 Å². The van der Waals surface area contributed by atoms with Crippen LogP contribution in [0.3, 0.4) is 0 Å². The lowest BCUT2D eigenvalue weighted by Gasteiger charge is -2.05. The Bertz CT molecular complexity index is 645. The number of hydrogen-bond acceptors (Lipinski definition) is 5. The number of rotatable bonds is 5. The van der Waals surface area contributed by atoms with Gasteiger partial charge in [-0.25, -0.2) is 4.98 Å². The summed E-state index contributed by atoms with van der Waals surface area (Å²) in [5.41, 5.74) is 0.569. The highest BCUT2D eigenvalue weighted by atomic mass is 32.2. The molecule has 1 heterocycles. The van der Waals surface area contributed by atoms with E-state index in [9.17, 15) is 14.9 Å². The fraction of sp³-hybridized carbons (Fsp3) is 0.167. The summed E-state index contributed by atoms with van der Waals surface area (Å²) in [7, 11) is 0. The Kier molecular flexibility index (Phi) is 3.96. The van der Waals surface area contributed by atoms with E-state index >= 15 is 0 Å². The number of nitrogens with zero attached hydrogens (tertiary/aromatic N) is 2. The fourth-order valence-electron chi connectivity index (χ4n) is 1.63. The predicted molar refractivity (Wildman–Crippen MR) is 71.4 cm³/mol. The number of hydrogen-bond donors (Lipinski definition) is 1. The van der Waals surface area contributed by atoms with Gasteiger partial charge in [0.15, 0.2) is 0 Å². The number of thioether (sulfide) groups is 1. The maximum atomic E-state index is 11.0. The Morgan fingerprint density at radius 2 is 2.16 bits per heavy atom. The van der Waals surface area contributed by atoms with E-state index in [0.29, 0.717) is 15.8 Å². The number of para-hydroxylation sites is 1. The monoisotopic (exact) mass is 278 g/mol. The van der Waals surface area contributed by atoms with Crippen molar-refractivity contribution in [1.29, 1.82) is 0 Å². The number of carboxylic acid groups (broad SMARTS) is 1. The van der Waals surface area contributed by atoms with Crippen LogP contribution in [0, 0.1) is 10.1 Å². The second kappa shape index (κ2) is 5.66. The molecule has 0 radical (unpaired) electrons. The van der Waals surface area contributed by atoms with Crippen LogP contribution in [0.4, 0.5) is 5.69 Å². The van der Waals surface area contributed by atoms with Crippen molar-refractivity contribution in [2.75, 3.05) is 5.75 Å². The Morgan fingerprint density at radius 3 is 2.84 bits per heavy atom. The highest BCUT2D eigenvalue weighted by Crippen LogP contribution is 2.35. The summed E-state index contributed by atoms with van der Waals surface area (Å²) in [6, 6.07) is 7.08. The van der Waals surface area contributed by atoms with Gasteiger partial charge in [0.1, 0.15) is 6.20 Å². The molecule has 2 aromatic rings. The molecule has 98 valence electrons. The lowest BCUT2D eigenvalue weighted by atomic mass is 10.2. The predicted octanol–water partition coefficient (Wildman–Crippen LogP) is 2.71. The summed E-state index contributed by atoms with van der Waals surface area (Å²) >= 11 is 1.17. The number of carboxylic acids is 1. The molecule has 19 heavy (non-hydrogen) atoms. The third-order valence-corrected chi connectivity index (χ3v) is 3.59. The molecular formula is C12H10N2O4S. The van der Waals surface area contributed by atoms with E-state index in [2.05, 4.69) is 4.98 Å². The van der Waals surface area contributed by atoms with Crippen molar-refractivity contribution in [2.45, 2.75) is 11.3 Å². The van der Waals surface area contributed by atoms with Gasteiger partial charge in [-0.3, -0.25) is 14.9 Å². The molecule has 0 unspecified atom stereocenters. The van der Waals surface area contributed by atoms with Gasteiger partial charge in [-0.05, 0) is 6.07 Å². The summed E-state index contributed by atoms with van der Waals surface area (Å²) in [5.74, 6) is -0.641. The highest BCUT2D eigenvalue weighted by Gasteiger charge is 2.18. The third kappa shape index (κ3) is 3.00. The maximum absolute atomic E-state index is 11.0. The molecule has 0 aliphatic carbocycles. The Hall–Kier alpha value is -2.15. The second-order valence-corrected chi connectivity index (χ2v) is 4.84. The largest absolute Gasteiger partial charge is 0.481 e. The summed E-state index contributed by atoms with van der Waals surface area (Å²) in [4.78, 5) is 25.5. The van der Waals surface area contributed by atoms with Gasteiger partial charge in [0.2, 0.25) is 0 Å². The van der Waals surface area contributed by atoms with Crippen molar-refractivity contribution < 1.29 is 14.8 Å². The minimum absolute atomic E-state index is 0.0432. The molecule has 0 fully saturated rings. The van der Waals surface area contributed by atoms with E-state index in [0.717, 1.165) is 0 Å². The molecule has 0 aliphatic heterocycles. The maximum Gasteiger partial charge on any atom is 0.304 e. The lowest BCUT2D eigenvalue weighted by Crippen LogP contribution is -1.98. The second-order valence-electron chi connectivity index (χ2n) is 3.74. The topological polar surface area (TPSA) is 93.3 Å². The van der Waals surface area contributed by atoms with E-state index in [-0.39, 0.29) is 17.9 Å². The summed E-state index contributed by atoms with van der Waals surface area (Å²) < 4.78 is 0.